The van der Waals surface area contributed by atoms with Crippen molar-refractivity contribution in [1.82, 2.24) is 0 Å². The van der Waals surface area contributed by atoms with Crippen LogP contribution in [-0.4, -0.2) is 6.61 Å². The van der Waals surface area contributed by atoms with E-state index in [1.807, 2.05) is 49.4 Å². The Labute approximate surface area is 130 Å². The summed E-state index contributed by atoms with van der Waals surface area (Å²) >= 11 is 6.92. The predicted octanol–water partition coefficient (Wildman–Crippen LogP) is 5.54. The lowest BCUT2D eigenvalue weighted by molar-refractivity contribution is 0.339. The molecular weight excluding hydrogens is 372 g/mol. The molecule has 2 rings (SSSR count). The van der Waals surface area contributed by atoms with Crippen LogP contribution in [0.4, 0.5) is 0 Å². The Morgan fingerprint density at radius 2 is 1.68 bits per heavy atom. The molecule has 0 saturated carbocycles. The number of alkyl halides is 1. The topological polar surface area (TPSA) is 18.5 Å². The van der Waals surface area contributed by atoms with Crippen LogP contribution >= 0.6 is 31.9 Å². The van der Waals surface area contributed by atoms with Crippen LogP contribution in [0.2, 0.25) is 0 Å². The Bertz CT molecular complexity index is 538. The van der Waals surface area contributed by atoms with E-state index < -0.39 is 0 Å². The van der Waals surface area contributed by atoms with Gasteiger partial charge in [0.05, 0.1) is 6.61 Å². The van der Waals surface area contributed by atoms with Crippen molar-refractivity contribution < 1.29 is 9.47 Å². The molecule has 0 fully saturated rings. The predicted molar refractivity (Wildman–Crippen MR) is 84.5 cm³/mol. The maximum atomic E-state index is 5.90. The van der Waals surface area contributed by atoms with E-state index in [9.17, 15) is 0 Å². The molecule has 0 aromatic heterocycles. The largest absolute Gasteiger partial charge is 0.494 e. The molecule has 0 atom stereocenters. The van der Waals surface area contributed by atoms with Gasteiger partial charge in [0.1, 0.15) is 17.2 Å². The minimum absolute atomic E-state index is 0.666. The number of hydrogen-bond acceptors (Lipinski definition) is 2. The van der Waals surface area contributed by atoms with E-state index in [0.717, 1.165) is 32.6 Å². The third-order valence-corrected chi connectivity index (χ3v) is 3.63. The molecule has 2 aromatic rings. The molecule has 0 bridgehead atoms. The highest BCUT2D eigenvalue weighted by atomic mass is 79.9. The highest BCUT2D eigenvalue weighted by Crippen LogP contribution is 2.30. The third-order valence-electron chi connectivity index (χ3n) is 2.54. The van der Waals surface area contributed by atoms with E-state index in [1.54, 1.807) is 0 Å². The summed E-state index contributed by atoms with van der Waals surface area (Å²) in [5, 5.41) is 0.757. The molecule has 0 aliphatic carbocycles. The Balaban J connectivity index is 2.18. The van der Waals surface area contributed by atoms with Crippen molar-refractivity contribution in [1.29, 1.82) is 0 Å². The van der Waals surface area contributed by atoms with Gasteiger partial charge in [-0.1, -0.05) is 37.9 Å². The lowest BCUT2D eigenvalue weighted by atomic mass is 10.2. The summed E-state index contributed by atoms with van der Waals surface area (Å²) in [6.45, 7) is 2.63. The van der Waals surface area contributed by atoms with E-state index >= 15 is 0 Å². The Morgan fingerprint density at radius 3 is 2.32 bits per heavy atom. The van der Waals surface area contributed by atoms with Gasteiger partial charge < -0.3 is 9.47 Å². The van der Waals surface area contributed by atoms with Gasteiger partial charge >= 0.3 is 0 Å². The van der Waals surface area contributed by atoms with Gasteiger partial charge in [-0.15, -0.1) is 0 Å². The summed E-state index contributed by atoms with van der Waals surface area (Å²) in [5.74, 6) is 2.49. The lowest BCUT2D eigenvalue weighted by Crippen LogP contribution is -1.92. The van der Waals surface area contributed by atoms with Gasteiger partial charge in [0.2, 0.25) is 0 Å². The summed E-state index contributed by atoms with van der Waals surface area (Å²) in [5.41, 5.74) is 1.11. The van der Waals surface area contributed by atoms with Crippen molar-refractivity contribution in [2.45, 2.75) is 12.3 Å². The van der Waals surface area contributed by atoms with Crippen LogP contribution in [0.5, 0.6) is 17.2 Å². The van der Waals surface area contributed by atoms with Crippen LogP contribution in [0, 0.1) is 0 Å². The molecule has 4 heteroatoms. The standard InChI is InChI=1S/C15H14Br2O2/c1-2-18-13-5-7-14(8-6-13)19-15-9-12(17)4-3-11(15)10-16/h3-9H,2,10H2,1H3. The molecule has 0 aliphatic heterocycles. The molecular formula is C15H14Br2O2. The van der Waals surface area contributed by atoms with Crippen molar-refractivity contribution in [2.75, 3.05) is 6.61 Å². The fraction of sp³-hybridized carbons (Fsp3) is 0.200. The SMILES string of the molecule is CCOc1ccc(Oc2cc(Br)ccc2CBr)cc1. The number of hydrogen-bond donors (Lipinski definition) is 0. The van der Waals surface area contributed by atoms with Gasteiger partial charge in [0.25, 0.3) is 0 Å². The average molecular weight is 386 g/mol. The number of halogens is 2. The average Bonchev–Trinajstić information content (AvgIpc) is 2.42. The van der Waals surface area contributed by atoms with Gasteiger partial charge in [0, 0.05) is 15.4 Å². The van der Waals surface area contributed by atoms with E-state index in [0.29, 0.717) is 6.61 Å². The summed E-state index contributed by atoms with van der Waals surface area (Å²) in [4.78, 5) is 0. The lowest BCUT2D eigenvalue weighted by Gasteiger charge is -2.11. The summed E-state index contributed by atoms with van der Waals surface area (Å²) in [6, 6.07) is 13.6. The molecule has 0 heterocycles. The van der Waals surface area contributed by atoms with Crippen LogP contribution in [0.1, 0.15) is 12.5 Å². The van der Waals surface area contributed by atoms with Gasteiger partial charge in [-0.3, -0.25) is 0 Å². The molecule has 0 spiro atoms. The summed E-state index contributed by atoms with van der Waals surface area (Å²) < 4.78 is 12.3. The normalized spacial score (nSPS) is 10.3. The van der Waals surface area contributed by atoms with Crippen molar-refractivity contribution in [3.05, 3.63) is 52.5 Å². The zero-order valence-electron chi connectivity index (χ0n) is 10.5. The highest BCUT2D eigenvalue weighted by molar-refractivity contribution is 9.10. The van der Waals surface area contributed by atoms with Crippen LogP contribution in [-0.2, 0) is 5.33 Å². The molecule has 19 heavy (non-hydrogen) atoms. The minimum Gasteiger partial charge on any atom is -0.494 e. The molecule has 0 amide bonds. The second-order valence-corrected chi connectivity index (χ2v) is 5.37. The molecule has 0 aliphatic rings. The van der Waals surface area contributed by atoms with Crippen LogP contribution in [0.3, 0.4) is 0 Å². The van der Waals surface area contributed by atoms with Crippen LogP contribution in [0.15, 0.2) is 46.9 Å². The summed E-state index contributed by atoms with van der Waals surface area (Å²) in [7, 11) is 0. The van der Waals surface area contributed by atoms with E-state index in [4.69, 9.17) is 9.47 Å². The first kappa shape index (κ1) is 14.4. The first-order valence-corrected chi connectivity index (χ1v) is 7.89. The van der Waals surface area contributed by atoms with Crippen molar-refractivity contribution in [3.8, 4) is 17.2 Å². The Morgan fingerprint density at radius 1 is 1.00 bits per heavy atom. The molecule has 0 unspecified atom stereocenters. The molecule has 0 N–H and O–H groups in total. The van der Waals surface area contributed by atoms with Gasteiger partial charge in [-0.25, -0.2) is 0 Å². The third kappa shape index (κ3) is 3.98. The van der Waals surface area contributed by atoms with E-state index in [-0.39, 0.29) is 0 Å². The number of ether oxygens (including phenoxy) is 2. The molecule has 100 valence electrons. The zero-order chi connectivity index (χ0) is 13.7. The maximum Gasteiger partial charge on any atom is 0.132 e. The quantitative estimate of drug-likeness (QED) is 0.629. The van der Waals surface area contributed by atoms with E-state index in [2.05, 4.69) is 31.9 Å². The fourth-order valence-electron chi connectivity index (χ4n) is 1.63. The second-order valence-electron chi connectivity index (χ2n) is 3.89. The van der Waals surface area contributed by atoms with Crippen LogP contribution < -0.4 is 9.47 Å². The molecule has 0 radical (unpaired) electrons. The van der Waals surface area contributed by atoms with Gasteiger partial charge in [0.15, 0.2) is 0 Å². The van der Waals surface area contributed by atoms with E-state index in [1.165, 1.54) is 0 Å². The molecule has 2 nitrogen and oxygen atoms in total. The second kappa shape index (κ2) is 6.96. The Kier molecular flexibility index (Phi) is 5.28. The number of benzene rings is 2. The number of rotatable bonds is 5. The highest BCUT2D eigenvalue weighted by Gasteiger charge is 2.05. The van der Waals surface area contributed by atoms with Crippen molar-refractivity contribution >= 4 is 31.9 Å². The fourth-order valence-corrected chi connectivity index (χ4v) is 2.43. The van der Waals surface area contributed by atoms with Crippen molar-refractivity contribution in [2.24, 2.45) is 0 Å². The van der Waals surface area contributed by atoms with Gasteiger partial charge in [-0.2, -0.15) is 0 Å². The van der Waals surface area contributed by atoms with Gasteiger partial charge in [-0.05, 0) is 43.3 Å². The smallest absolute Gasteiger partial charge is 0.132 e. The molecule has 0 saturated heterocycles. The minimum atomic E-state index is 0.666. The first-order valence-electron chi connectivity index (χ1n) is 5.98. The summed E-state index contributed by atoms with van der Waals surface area (Å²) in [6.07, 6.45) is 0. The molecule has 2 aromatic carbocycles. The zero-order valence-corrected chi connectivity index (χ0v) is 13.7. The van der Waals surface area contributed by atoms with Crippen molar-refractivity contribution in [3.63, 3.8) is 0 Å². The Hall–Kier alpha value is -1.00. The maximum absolute atomic E-state index is 5.90. The monoisotopic (exact) mass is 384 g/mol. The van der Waals surface area contributed by atoms with Crippen LogP contribution in [0.25, 0.3) is 0 Å². The first-order chi connectivity index (χ1) is 9.22.